The molecule has 1 atom stereocenters. The van der Waals surface area contributed by atoms with Gasteiger partial charge in [0.1, 0.15) is 5.69 Å². The van der Waals surface area contributed by atoms with Gasteiger partial charge in [-0.25, -0.2) is 0 Å². The van der Waals surface area contributed by atoms with Crippen molar-refractivity contribution in [3.05, 3.63) is 33.9 Å². The highest BCUT2D eigenvalue weighted by Gasteiger charge is 2.14. The second-order valence-corrected chi connectivity index (χ2v) is 5.17. The van der Waals surface area contributed by atoms with E-state index >= 15 is 0 Å². The molecule has 1 rings (SSSR count). The number of nitrogen functional groups attached to an aromatic ring is 1. The SMILES string of the molecule is CC(CCO)SCc1cccc([N+](=O)[O-])c1N. The molecule has 3 N–H and O–H groups in total. The quantitative estimate of drug-likeness (QED) is 0.462. The number of aliphatic hydroxyl groups is 1. The van der Waals surface area contributed by atoms with Gasteiger partial charge in [0, 0.05) is 23.7 Å². The number of nitrogens with two attached hydrogens (primary N) is 1. The Morgan fingerprint density at radius 1 is 1.59 bits per heavy atom. The Balaban J connectivity index is 2.72. The largest absolute Gasteiger partial charge is 0.396 e. The number of hydrogen-bond donors (Lipinski definition) is 2. The molecule has 0 radical (unpaired) electrons. The number of anilines is 1. The van der Waals surface area contributed by atoms with E-state index in [-0.39, 0.29) is 18.0 Å². The van der Waals surface area contributed by atoms with E-state index in [1.807, 2.05) is 6.92 Å². The first-order valence-electron chi connectivity index (χ1n) is 5.30. The van der Waals surface area contributed by atoms with Crippen LogP contribution in [0.4, 0.5) is 11.4 Å². The molecule has 1 aromatic carbocycles. The van der Waals surface area contributed by atoms with E-state index < -0.39 is 4.92 Å². The lowest BCUT2D eigenvalue weighted by atomic mass is 10.2. The maximum atomic E-state index is 10.7. The Labute approximate surface area is 104 Å². The lowest BCUT2D eigenvalue weighted by Gasteiger charge is -2.10. The minimum atomic E-state index is -0.472. The highest BCUT2D eigenvalue weighted by molar-refractivity contribution is 7.99. The van der Waals surface area contributed by atoms with Crippen LogP contribution < -0.4 is 5.73 Å². The number of para-hydroxylation sites is 1. The summed E-state index contributed by atoms with van der Waals surface area (Å²) in [5.41, 5.74) is 6.71. The van der Waals surface area contributed by atoms with Crippen LogP contribution >= 0.6 is 11.8 Å². The Kier molecular flexibility index (Phi) is 5.24. The van der Waals surface area contributed by atoms with Crippen LogP contribution in [-0.2, 0) is 5.75 Å². The van der Waals surface area contributed by atoms with Crippen molar-refractivity contribution in [3.63, 3.8) is 0 Å². The summed E-state index contributed by atoms with van der Waals surface area (Å²) >= 11 is 1.63. The smallest absolute Gasteiger partial charge is 0.292 e. The van der Waals surface area contributed by atoms with Crippen LogP contribution in [0.2, 0.25) is 0 Å². The van der Waals surface area contributed by atoms with E-state index in [0.717, 1.165) is 5.56 Å². The van der Waals surface area contributed by atoms with Crippen molar-refractivity contribution in [1.29, 1.82) is 0 Å². The second kappa shape index (κ2) is 6.46. The number of nitro benzene ring substituents is 1. The predicted molar refractivity (Wildman–Crippen MR) is 70.0 cm³/mol. The molecule has 1 aromatic rings. The maximum Gasteiger partial charge on any atom is 0.292 e. The highest BCUT2D eigenvalue weighted by atomic mass is 32.2. The van der Waals surface area contributed by atoms with E-state index in [4.69, 9.17) is 10.8 Å². The maximum absolute atomic E-state index is 10.7. The molecule has 5 nitrogen and oxygen atoms in total. The number of nitro groups is 1. The Bertz CT molecular complexity index is 398. The first-order valence-corrected chi connectivity index (χ1v) is 6.35. The van der Waals surface area contributed by atoms with Crippen LogP contribution in [0.1, 0.15) is 18.9 Å². The molecule has 0 saturated carbocycles. The summed E-state index contributed by atoms with van der Waals surface area (Å²) in [6, 6.07) is 4.84. The lowest BCUT2D eigenvalue weighted by Crippen LogP contribution is -2.03. The van der Waals surface area contributed by atoms with Crippen molar-refractivity contribution in [2.45, 2.75) is 24.3 Å². The molecular weight excluding hydrogens is 240 g/mol. The molecule has 0 aliphatic heterocycles. The van der Waals surface area contributed by atoms with Crippen molar-refractivity contribution in [2.24, 2.45) is 0 Å². The van der Waals surface area contributed by atoms with Gasteiger partial charge in [0.15, 0.2) is 0 Å². The molecule has 1 unspecified atom stereocenters. The average molecular weight is 256 g/mol. The van der Waals surface area contributed by atoms with Crippen molar-refractivity contribution in [2.75, 3.05) is 12.3 Å². The molecule has 94 valence electrons. The van der Waals surface area contributed by atoms with Crippen LogP contribution in [0.25, 0.3) is 0 Å². The van der Waals surface area contributed by atoms with Crippen LogP contribution in [-0.4, -0.2) is 21.9 Å². The van der Waals surface area contributed by atoms with E-state index in [9.17, 15) is 10.1 Å². The fourth-order valence-electron chi connectivity index (χ4n) is 1.38. The van der Waals surface area contributed by atoms with E-state index in [1.54, 1.807) is 23.9 Å². The summed E-state index contributed by atoms with van der Waals surface area (Å²) in [7, 11) is 0. The van der Waals surface area contributed by atoms with Gasteiger partial charge in [-0.15, -0.1) is 0 Å². The standard InChI is InChI=1S/C11H16N2O3S/c1-8(5-6-14)17-7-9-3-2-4-10(11(9)12)13(15)16/h2-4,8,14H,5-7,12H2,1H3. The fourth-order valence-corrected chi connectivity index (χ4v) is 2.37. The van der Waals surface area contributed by atoms with Crippen LogP contribution in [0.15, 0.2) is 18.2 Å². The van der Waals surface area contributed by atoms with Crippen molar-refractivity contribution in [3.8, 4) is 0 Å². The zero-order valence-electron chi connectivity index (χ0n) is 9.63. The predicted octanol–water partition coefficient (Wildman–Crippen LogP) is 2.18. The van der Waals surface area contributed by atoms with Gasteiger partial charge in [-0.3, -0.25) is 10.1 Å². The molecule has 0 fully saturated rings. The molecule has 0 heterocycles. The average Bonchev–Trinajstić information content (AvgIpc) is 2.27. The highest BCUT2D eigenvalue weighted by Crippen LogP contribution is 2.29. The number of benzene rings is 1. The third-order valence-corrected chi connectivity index (χ3v) is 3.71. The molecule has 0 bridgehead atoms. The summed E-state index contributed by atoms with van der Waals surface area (Å²) in [4.78, 5) is 10.2. The summed E-state index contributed by atoms with van der Waals surface area (Å²) in [6.07, 6.45) is 0.708. The molecule has 17 heavy (non-hydrogen) atoms. The number of aliphatic hydroxyl groups excluding tert-OH is 1. The molecule has 0 aliphatic rings. The molecular formula is C11H16N2O3S. The number of thioether (sulfide) groups is 1. The third kappa shape index (κ3) is 3.90. The van der Waals surface area contributed by atoms with Gasteiger partial charge in [0.2, 0.25) is 0 Å². The minimum absolute atomic E-state index is 0.0436. The van der Waals surface area contributed by atoms with Crippen LogP contribution in [0.3, 0.4) is 0 Å². The fraction of sp³-hybridized carbons (Fsp3) is 0.455. The van der Waals surface area contributed by atoms with Gasteiger partial charge in [-0.1, -0.05) is 19.1 Å². The van der Waals surface area contributed by atoms with E-state index in [0.29, 0.717) is 17.4 Å². The third-order valence-electron chi connectivity index (χ3n) is 2.43. The van der Waals surface area contributed by atoms with Crippen LogP contribution in [0, 0.1) is 10.1 Å². The van der Waals surface area contributed by atoms with Gasteiger partial charge in [-0.2, -0.15) is 11.8 Å². The summed E-state index contributed by atoms with van der Waals surface area (Å²) in [6.45, 7) is 2.16. The first kappa shape index (κ1) is 13.8. The Morgan fingerprint density at radius 2 is 2.29 bits per heavy atom. The first-order chi connectivity index (χ1) is 8.06. The van der Waals surface area contributed by atoms with Gasteiger partial charge < -0.3 is 10.8 Å². The zero-order valence-corrected chi connectivity index (χ0v) is 10.4. The molecule has 0 amide bonds. The van der Waals surface area contributed by atoms with Gasteiger partial charge in [0.25, 0.3) is 5.69 Å². The minimum Gasteiger partial charge on any atom is -0.396 e. The van der Waals surface area contributed by atoms with Crippen molar-refractivity contribution < 1.29 is 10.0 Å². The molecule has 0 saturated heterocycles. The number of rotatable bonds is 6. The topological polar surface area (TPSA) is 89.4 Å². The van der Waals surface area contributed by atoms with Gasteiger partial charge in [-0.05, 0) is 12.0 Å². The number of hydrogen-bond acceptors (Lipinski definition) is 5. The normalized spacial score (nSPS) is 12.4. The molecule has 0 aromatic heterocycles. The summed E-state index contributed by atoms with van der Waals surface area (Å²) < 4.78 is 0. The molecule has 0 spiro atoms. The van der Waals surface area contributed by atoms with Crippen LogP contribution in [0.5, 0.6) is 0 Å². The Hall–Kier alpha value is -1.27. The van der Waals surface area contributed by atoms with Crippen molar-refractivity contribution in [1.82, 2.24) is 0 Å². The Morgan fingerprint density at radius 3 is 2.88 bits per heavy atom. The van der Waals surface area contributed by atoms with Crippen molar-refractivity contribution >= 4 is 23.1 Å². The van der Waals surface area contributed by atoms with Gasteiger partial charge in [0.05, 0.1) is 4.92 Å². The van der Waals surface area contributed by atoms with E-state index in [2.05, 4.69) is 0 Å². The lowest BCUT2D eigenvalue weighted by molar-refractivity contribution is -0.383. The summed E-state index contributed by atoms with van der Waals surface area (Å²) in [5.74, 6) is 0.620. The molecule has 6 heteroatoms. The second-order valence-electron chi connectivity index (χ2n) is 3.74. The zero-order chi connectivity index (χ0) is 12.8. The van der Waals surface area contributed by atoms with Gasteiger partial charge >= 0.3 is 0 Å². The summed E-state index contributed by atoms with van der Waals surface area (Å²) in [5, 5.41) is 19.8. The van der Waals surface area contributed by atoms with E-state index in [1.165, 1.54) is 6.07 Å². The number of nitrogens with zero attached hydrogens (tertiary/aromatic N) is 1. The molecule has 0 aliphatic carbocycles. The monoisotopic (exact) mass is 256 g/mol.